The minimum absolute atomic E-state index is 0.577. The molecular formula is C18H12N4O. The molecule has 5 nitrogen and oxygen atoms in total. The Labute approximate surface area is 132 Å². The second-order valence-corrected chi connectivity index (χ2v) is 5.10. The van der Waals surface area contributed by atoms with Gasteiger partial charge in [-0.3, -0.25) is 9.78 Å². The number of hydrogen-bond donors (Lipinski definition) is 0. The Balaban J connectivity index is 1.89. The van der Waals surface area contributed by atoms with E-state index in [-0.39, 0.29) is 0 Å². The molecule has 1 aromatic carbocycles. The van der Waals surface area contributed by atoms with Crippen LogP contribution in [0.25, 0.3) is 28.2 Å². The van der Waals surface area contributed by atoms with Gasteiger partial charge in [0.1, 0.15) is 6.29 Å². The molecule has 0 aliphatic carbocycles. The van der Waals surface area contributed by atoms with Crippen LogP contribution in [0.15, 0.2) is 67.1 Å². The first-order valence-electron chi connectivity index (χ1n) is 7.16. The van der Waals surface area contributed by atoms with E-state index >= 15 is 0 Å². The Kier molecular flexibility index (Phi) is 3.16. The van der Waals surface area contributed by atoms with Crippen molar-refractivity contribution in [2.75, 3.05) is 0 Å². The van der Waals surface area contributed by atoms with Gasteiger partial charge >= 0.3 is 0 Å². The largest absolute Gasteiger partial charge is 0.298 e. The summed E-state index contributed by atoms with van der Waals surface area (Å²) in [5, 5.41) is 4.31. The van der Waals surface area contributed by atoms with Gasteiger partial charge < -0.3 is 0 Å². The lowest BCUT2D eigenvalue weighted by atomic mass is 10.1. The summed E-state index contributed by atoms with van der Waals surface area (Å²) in [6, 6.07) is 15.3. The smallest absolute Gasteiger partial charge is 0.164 e. The average Bonchev–Trinajstić information content (AvgIpc) is 3.05. The highest BCUT2D eigenvalue weighted by Gasteiger charge is 2.11. The van der Waals surface area contributed by atoms with Crippen LogP contribution in [0.3, 0.4) is 0 Å². The molecule has 110 valence electrons. The van der Waals surface area contributed by atoms with E-state index in [0.29, 0.717) is 16.9 Å². The summed E-state index contributed by atoms with van der Waals surface area (Å²) in [5.41, 5.74) is 4.67. The van der Waals surface area contributed by atoms with Crippen molar-refractivity contribution >= 4 is 11.9 Å². The van der Waals surface area contributed by atoms with Crippen molar-refractivity contribution < 1.29 is 4.79 Å². The Morgan fingerprint density at radius 3 is 2.70 bits per heavy atom. The third kappa shape index (κ3) is 2.38. The highest BCUT2D eigenvalue weighted by Crippen LogP contribution is 2.24. The van der Waals surface area contributed by atoms with E-state index in [1.807, 2.05) is 42.6 Å². The fourth-order valence-corrected chi connectivity index (χ4v) is 2.49. The summed E-state index contributed by atoms with van der Waals surface area (Å²) in [6.45, 7) is 0. The molecule has 3 heterocycles. The summed E-state index contributed by atoms with van der Waals surface area (Å²) in [6.07, 6.45) is 6.01. The van der Waals surface area contributed by atoms with Crippen LogP contribution >= 0.6 is 0 Å². The monoisotopic (exact) mass is 300 g/mol. The molecule has 0 fully saturated rings. The molecule has 0 unspecified atom stereocenters. The zero-order valence-electron chi connectivity index (χ0n) is 12.1. The fraction of sp³-hybridized carbons (Fsp3) is 0. The zero-order chi connectivity index (χ0) is 15.6. The fourth-order valence-electron chi connectivity index (χ4n) is 2.49. The molecule has 4 aromatic rings. The van der Waals surface area contributed by atoms with E-state index in [1.165, 1.54) is 0 Å². The number of hydrogen-bond acceptors (Lipinski definition) is 4. The Hall–Kier alpha value is -3.34. The van der Waals surface area contributed by atoms with E-state index < -0.39 is 0 Å². The van der Waals surface area contributed by atoms with E-state index in [1.54, 1.807) is 29.0 Å². The average molecular weight is 300 g/mol. The summed E-state index contributed by atoms with van der Waals surface area (Å²) in [7, 11) is 0. The molecule has 0 aliphatic rings. The van der Waals surface area contributed by atoms with Gasteiger partial charge in [0, 0.05) is 23.5 Å². The third-order valence-corrected chi connectivity index (χ3v) is 3.63. The van der Waals surface area contributed by atoms with Gasteiger partial charge in [-0.25, -0.2) is 9.50 Å². The number of pyridine rings is 1. The molecule has 0 atom stereocenters. The molecule has 23 heavy (non-hydrogen) atoms. The van der Waals surface area contributed by atoms with Crippen LogP contribution in [-0.2, 0) is 0 Å². The van der Waals surface area contributed by atoms with Crippen LogP contribution in [0.1, 0.15) is 10.4 Å². The van der Waals surface area contributed by atoms with Crippen LogP contribution in [0.5, 0.6) is 0 Å². The van der Waals surface area contributed by atoms with Crippen molar-refractivity contribution in [2.24, 2.45) is 0 Å². The van der Waals surface area contributed by atoms with Gasteiger partial charge in [0.2, 0.25) is 0 Å². The predicted octanol–water partition coefficient (Wildman–Crippen LogP) is 3.27. The summed E-state index contributed by atoms with van der Waals surface area (Å²) < 4.78 is 1.71. The summed E-state index contributed by atoms with van der Waals surface area (Å²) in [4.78, 5) is 20.0. The molecule has 3 aromatic heterocycles. The lowest BCUT2D eigenvalue weighted by molar-refractivity contribution is 0.112. The maximum atomic E-state index is 11.0. The first-order chi connectivity index (χ1) is 11.3. The van der Waals surface area contributed by atoms with Gasteiger partial charge in [-0.2, -0.15) is 5.10 Å². The van der Waals surface area contributed by atoms with Crippen LogP contribution < -0.4 is 0 Å². The maximum Gasteiger partial charge on any atom is 0.164 e. The van der Waals surface area contributed by atoms with E-state index in [0.717, 1.165) is 23.1 Å². The van der Waals surface area contributed by atoms with Gasteiger partial charge in [0.05, 0.1) is 23.1 Å². The second-order valence-electron chi connectivity index (χ2n) is 5.10. The maximum absolute atomic E-state index is 11.0. The van der Waals surface area contributed by atoms with Crippen molar-refractivity contribution in [2.45, 2.75) is 0 Å². The van der Waals surface area contributed by atoms with E-state index in [9.17, 15) is 4.79 Å². The first kappa shape index (κ1) is 13.3. The van der Waals surface area contributed by atoms with Gasteiger partial charge in [0.15, 0.2) is 5.65 Å². The van der Waals surface area contributed by atoms with Crippen molar-refractivity contribution in [1.29, 1.82) is 0 Å². The van der Waals surface area contributed by atoms with Gasteiger partial charge in [0.25, 0.3) is 0 Å². The number of carbonyl (C=O) groups is 1. The van der Waals surface area contributed by atoms with Crippen molar-refractivity contribution in [3.8, 4) is 22.5 Å². The molecule has 0 N–H and O–H groups in total. The van der Waals surface area contributed by atoms with Crippen LogP contribution in [0.4, 0.5) is 0 Å². The Morgan fingerprint density at radius 1 is 1.00 bits per heavy atom. The number of aromatic nitrogens is 4. The Bertz CT molecular complexity index is 992. The predicted molar refractivity (Wildman–Crippen MR) is 87.0 cm³/mol. The molecule has 0 saturated heterocycles. The second kappa shape index (κ2) is 5.46. The van der Waals surface area contributed by atoms with Crippen LogP contribution in [0, 0.1) is 0 Å². The lowest BCUT2D eigenvalue weighted by Crippen LogP contribution is -1.93. The number of benzene rings is 1. The molecular weight excluding hydrogens is 288 g/mol. The van der Waals surface area contributed by atoms with Gasteiger partial charge in [-0.15, -0.1) is 0 Å². The lowest BCUT2D eigenvalue weighted by Gasteiger charge is -2.03. The highest BCUT2D eigenvalue weighted by molar-refractivity contribution is 5.81. The molecule has 4 rings (SSSR count). The number of fused-ring (bicyclic) bond motifs is 1. The summed E-state index contributed by atoms with van der Waals surface area (Å²) in [5.74, 6) is 0. The van der Waals surface area contributed by atoms with Crippen molar-refractivity contribution in [3.63, 3.8) is 0 Å². The normalized spacial score (nSPS) is 10.8. The zero-order valence-corrected chi connectivity index (χ0v) is 12.1. The highest BCUT2D eigenvalue weighted by atomic mass is 16.1. The number of nitrogens with zero attached hydrogens (tertiary/aromatic N) is 4. The molecule has 0 spiro atoms. The van der Waals surface area contributed by atoms with Crippen molar-refractivity contribution in [1.82, 2.24) is 19.6 Å². The Morgan fingerprint density at radius 2 is 1.87 bits per heavy atom. The first-order valence-corrected chi connectivity index (χ1v) is 7.16. The molecule has 5 heteroatoms. The standard InChI is InChI=1S/C18H12N4O/c23-12-13-6-8-19-17(10-13)15-11-20-22-9-7-16(21-18(15)22)14-4-2-1-3-5-14/h1-12H. The number of rotatable bonds is 3. The molecule has 0 radical (unpaired) electrons. The quantitative estimate of drug-likeness (QED) is 0.545. The minimum Gasteiger partial charge on any atom is -0.298 e. The van der Waals surface area contributed by atoms with Gasteiger partial charge in [-0.05, 0) is 18.2 Å². The van der Waals surface area contributed by atoms with Gasteiger partial charge in [-0.1, -0.05) is 30.3 Å². The third-order valence-electron chi connectivity index (χ3n) is 3.63. The SMILES string of the molecule is O=Cc1ccnc(-c2cnn3ccc(-c4ccccc4)nc23)c1. The van der Waals surface area contributed by atoms with E-state index in [2.05, 4.69) is 10.1 Å². The summed E-state index contributed by atoms with van der Waals surface area (Å²) >= 11 is 0. The number of aldehydes is 1. The molecule has 0 bridgehead atoms. The van der Waals surface area contributed by atoms with Crippen LogP contribution in [-0.4, -0.2) is 25.9 Å². The topological polar surface area (TPSA) is 60.2 Å². The van der Waals surface area contributed by atoms with E-state index in [4.69, 9.17) is 4.98 Å². The minimum atomic E-state index is 0.577. The number of carbonyl (C=O) groups excluding carboxylic acids is 1. The van der Waals surface area contributed by atoms with Crippen LogP contribution in [0.2, 0.25) is 0 Å². The van der Waals surface area contributed by atoms with Crippen molar-refractivity contribution in [3.05, 3.63) is 72.7 Å². The molecule has 0 saturated carbocycles. The molecule has 0 aliphatic heterocycles. The molecule has 0 amide bonds.